The van der Waals surface area contributed by atoms with Gasteiger partial charge in [0, 0.05) is 10.0 Å². The molecule has 0 spiro atoms. The predicted octanol–water partition coefficient (Wildman–Crippen LogP) is 4.15. The Balaban J connectivity index is 2.49. The largest absolute Gasteiger partial charge is 0.463 e. The SMILES string of the molecule is CCCc1nc(-c2ccc(Br)cc2C)oc1C(=O)OC. The van der Waals surface area contributed by atoms with E-state index in [2.05, 4.69) is 20.9 Å². The first kappa shape index (κ1) is 14.8. The number of benzene rings is 1. The maximum Gasteiger partial charge on any atom is 0.376 e. The summed E-state index contributed by atoms with van der Waals surface area (Å²) in [5, 5.41) is 0. The molecule has 0 atom stereocenters. The Morgan fingerprint density at radius 1 is 1.45 bits per heavy atom. The minimum Gasteiger partial charge on any atom is -0.463 e. The Kier molecular flexibility index (Phi) is 4.60. The van der Waals surface area contributed by atoms with E-state index in [0.29, 0.717) is 18.0 Å². The van der Waals surface area contributed by atoms with Crippen LogP contribution in [0.2, 0.25) is 0 Å². The van der Waals surface area contributed by atoms with E-state index in [0.717, 1.165) is 22.0 Å². The highest BCUT2D eigenvalue weighted by molar-refractivity contribution is 9.10. The summed E-state index contributed by atoms with van der Waals surface area (Å²) in [4.78, 5) is 16.2. The van der Waals surface area contributed by atoms with E-state index in [1.807, 2.05) is 32.0 Å². The molecule has 1 aromatic carbocycles. The van der Waals surface area contributed by atoms with Crippen LogP contribution in [0, 0.1) is 6.92 Å². The van der Waals surface area contributed by atoms with Crippen LogP contribution in [0.4, 0.5) is 0 Å². The molecule has 0 radical (unpaired) electrons. The number of methoxy groups -OCH3 is 1. The van der Waals surface area contributed by atoms with Crippen LogP contribution in [0.25, 0.3) is 11.5 Å². The van der Waals surface area contributed by atoms with Crippen molar-refractivity contribution in [2.75, 3.05) is 7.11 Å². The van der Waals surface area contributed by atoms with E-state index in [4.69, 9.17) is 9.15 Å². The summed E-state index contributed by atoms with van der Waals surface area (Å²) in [6.07, 6.45) is 1.57. The third-order valence-corrected chi connectivity index (χ3v) is 3.47. The number of nitrogens with zero attached hydrogens (tertiary/aromatic N) is 1. The van der Waals surface area contributed by atoms with Gasteiger partial charge in [-0.05, 0) is 37.1 Å². The Bertz CT molecular complexity index is 634. The zero-order chi connectivity index (χ0) is 14.7. The second-order valence-corrected chi connectivity index (χ2v) is 5.41. The molecule has 0 fully saturated rings. The Morgan fingerprint density at radius 2 is 2.20 bits per heavy atom. The number of carbonyl (C=O) groups excluding carboxylic acids is 1. The summed E-state index contributed by atoms with van der Waals surface area (Å²) < 4.78 is 11.4. The summed E-state index contributed by atoms with van der Waals surface area (Å²) in [7, 11) is 1.34. The summed E-state index contributed by atoms with van der Waals surface area (Å²) in [6, 6.07) is 5.82. The molecule has 0 amide bonds. The van der Waals surface area contributed by atoms with Crippen molar-refractivity contribution in [3.05, 3.63) is 39.7 Å². The molecule has 0 aliphatic carbocycles. The minimum absolute atomic E-state index is 0.201. The first-order chi connectivity index (χ1) is 9.56. The van der Waals surface area contributed by atoms with Gasteiger partial charge < -0.3 is 9.15 Å². The molecular formula is C15H16BrNO3. The van der Waals surface area contributed by atoms with Gasteiger partial charge in [0.05, 0.1) is 12.8 Å². The molecule has 0 unspecified atom stereocenters. The lowest BCUT2D eigenvalue weighted by Gasteiger charge is -2.01. The van der Waals surface area contributed by atoms with Crippen molar-refractivity contribution in [3.63, 3.8) is 0 Å². The third-order valence-electron chi connectivity index (χ3n) is 2.97. The van der Waals surface area contributed by atoms with Gasteiger partial charge in [-0.25, -0.2) is 9.78 Å². The van der Waals surface area contributed by atoms with Gasteiger partial charge in [0.15, 0.2) is 0 Å². The standard InChI is InChI=1S/C15H16BrNO3/c1-4-5-12-13(15(18)19-3)20-14(17-12)11-7-6-10(16)8-9(11)2/h6-8H,4-5H2,1-3H3. The maximum absolute atomic E-state index is 11.7. The number of esters is 1. The molecule has 1 aromatic heterocycles. The van der Waals surface area contributed by atoms with Gasteiger partial charge in [-0.2, -0.15) is 0 Å². The van der Waals surface area contributed by atoms with E-state index in [9.17, 15) is 4.79 Å². The highest BCUT2D eigenvalue weighted by atomic mass is 79.9. The number of aromatic nitrogens is 1. The number of ether oxygens (including phenoxy) is 1. The molecule has 1 heterocycles. The van der Waals surface area contributed by atoms with E-state index in [1.54, 1.807) is 0 Å². The molecule has 0 N–H and O–H groups in total. The van der Waals surface area contributed by atoms with Crippen molar-refractivity contribution >= 4 is 21.9 Å². The van der Waals surface area contributed by atoms with E-state index < -0.39 is 5.97 Å². The van der Waals surface area contributed by atoms with E-state index >= 15 is 0 Å². The van der Waals surface area contributed by atoms with Crippen LogP contribution in [0.5, 0.6) is 0 Å². The number of aryl methyl sites for hydroxylation is 2. The number of hydrogen-bond acceptors (Lipinski definition) is 4. The normalized spacial score (nSPS) is 10.6. The molecule has 0 aliphatic heterocycles. The first-order valence-corrected chi connectivity index (χ1v) is 7.20. The van der Waals surface area contributed by atoms with Crippen molar-refractivity contribution in [2.24, 2.45) is 0 Å². The predicted molar refractivity (Wildman–Crippen MR) is 79.7 cm³/mol. The molecule has 2 aromatic rings. The molecule has 5 heteroatoms. The number of oxazole rings is 1. The van der Waals surface area contributed by atoms with E-state index in [1.165, 1.54) is 7.11 Å². The molecule has 0 bridgehead atoms. The second kappa shape index (κ2) is 6.22. The summed E-state index contributed by atoms with van der Waals surface area (Å²) in [5.41, 5.74) is 2.55. The van der Waals surface area contributed by atoms with Crippen molar-refractivity contribution in [2.45, 2.75) is 26.7 Å². The fraction of sp³-hybridized carbons (Fsp3) is 0.333. The Hall–Kier alpha value is -1.62. The molecule has 2 rings (SSSR count). The van der Waals surface area contributed by atoms with Crippen LogP contribution in [0.1, 0.15) is 35.2 Å². The highest BCUT2D eigenvalue weighted by Gasteiger charge is 2.21. The Labute approximate surface area is 126 Å². The average Bonchev–Trinajstić information content (AvgIpc) is 2.82. The maximum atomic E-state index is 11.7. The van der Waals surface area contributed by atoms with Gasteiger partial charge >= 0.3 is 5.97 Å². The minimum atomic E-state index is -0.484. The molecular weight excluding hydrogens is 322 g/mol. The van der Waals surface area contributed by atoms with Crippen LogP contribution >= 0.6 is 15.9 Å². The van der Waals surface area contributed by atoms with Gasteiger partial charge in [-0.15, -0.1) is 0 Å². The molecule has 106 valence electrons. The monoisotopic (exact) mass is 337 g/mol. The van der Waals surface area contributed by atoms with E-state index in [-0.39, 0.29) is 5.76 Å². The van der Waals surface area contributed by atoms with Crippen molar-refractivity contribution < 1.29 is 13.9 Å². The lowest BCUT2D eigenvalue weighted by atomic mass is 10.1. The number of halogens is 1. The van der Waals surface area contributed by atoms with Crippen LogP contribution in [-0.4, -0.2) is 18.1 Å². The van der Waals surface area contributed by atoms with Crippen molar-refractivity contribution in [3.8, 4) is 11.5 Å². The number of rotatable bonds is 4. The lowest BCUT2D eigenvalue weighted by molar-refractivity contribution is 0.0564. The summed E-state index contributed by atoms with van der Waals surface area (Å²) in [6.45, 7) is 4.00. The summed E-state index contributed by atoms with van der Waals surface area (Å²) >= 11 is 3.42. The number of hydrogen-bond donors (Lipinski definition) is 0. The molecule has 0 saturated heterocycles. The van der Waals surface area contributed by atoms with Crippen LogP contribution in [0.3, 0.4) is 0 Å². The molecule has 4 nitrogen and oxygen atoms in total. The second-order valence-electron chi connectivity index (χ2n) is 4.50. The topological polar surface area (TPSA) is 52.3 Å². The van der Waals surface area contributed by atoms with Gasteiger partial charge in [-0.1, -0.05) is 29.3 Å². The van der Waals surface area contributed by atoms with Gasteiger partial charge in [-0.3, -0.25) is 0 Å². The fourth-order valence-corrected chi connectivity index (χ4v) is 2.47. The molecule has 0 saturated carbocycles. The first-order valence-electron chi connectivity index (χ1n) is 6.41. The highest BCUT2D eigenvalue weighted by Crippen LogP contribution is 2.28. The number of carbonyl (C=O) groups is 1. The molecule has 0 aliphatic rings. The average molecular weight is 338 g/mol. The quantitative estimate of drug-likeness (QED) is 0.786. The fourth-order valence-electron chi connectivity index (χ4n) is 1.99. The van der Waals surface area contributed by atoms with Gasteiger partial charge in [0.25, 0.3) is 0 Å². The Morgan fingerprint density at radius 3 is 2.80 bits per heavy atom. The van der Waals surface area contributed by atoms with Gasteiger partial charge in [0.2, 0.25) is 11.7 Å². The van der Waals surface area contributed by atoms with Crippen LogP contribution in [0.15, 0.2) is 27.1 Å². The van der Waals surface area contributed by atoms with Gasteiger partial charge in [0.1, 0.15) is 0 Å². The third kappa shape index (κ3) is 2.93. The molecule has 20 heavy (non-hydrogen) atoms. The van der Waals surface area contributed by atoms with Crippen molar-refractivity contribution in [1.82, 2.24) is 4.98 Å². The van der Waals surface area contributed by atoms with Crippen LogP contribution in [-0.2, 0) is 11.2 Å². The summed E-state index contributed by atoms with van der Waals surface area (Å²) in [5.74, 6) is 0.174. The zero-order valence-corrected chi connectivity index (χ0v) is 13.3. The van der Waals surface area contributed by atoms with Crippen LogP contribution < -0.4 is 0 Å². The smallest absolute Gasteiger partial charge is 0.376 e. The lowest BCUT2D eigenvalue weighted by Crippen LogP contribution is -2.03. The zero-order valence-electron chi connectivity index (χ0n) is 11.7. The van der Waals surface area contributed by atoms with Crippen molar-refractivity contribution in [1.29, 1.82) is 0 Å².